The van der Waals surface area contributed by atoms with Crippen molar-refractivity contribution >= 4 is 21.5 Å². The normalized spacial score (nSPS) is 16.7. The molecule has 18 heavy (non-hydrogen) atoms. The van der Waals surface area contributed by atoms with Crippen LogP contribution in [0.4, 0.5) is 0 Å². The van der Waals surface area contributed by atoms with Gasteiger partial charge in [0.15, 0.2) is 15.6 Å². The number of nitrogens with one attached hydrogen (secondary N) is 1. The monoisotopic (exact) mass is 275 g/mol. The van der Waals surface area contributed by atoms with Crippen LogP contribution in [0.3, 0.4) is 0 Å². The van der Waals surface area contributed by atoms with E-state index in [0.717, 1.165) is 32.1 Å². The first-order valence-corrected chi connectivity index (χ1v) is 8.26. The minimum absolute atomic E-state index is 0.113. The molecule has 0 aromatic carbocycles. The molecule has 0 saturated heterocycles. The zero-order chi connectivity index (χ0) is 13.6. The maximum atomic E-state index is 11.7. The van der Waals surface area contributed by atoms with Crippen LogP contribution in [0, 0.1) is 5.92 Å². The molecule has 0 aromatic rings. The number of Topliss-reactive ketones (excluding diaryl/α,β-unsaturated/α-hetero) is 1. The summed E-state index contributed by atoms with van der Waals surface area (Å²) in [6.07, 6.45) is 4.32. The van der Waals surface area contributed by atoms with E-state index in [1.165, 1.54) is 0 Å². The minimum Gasteiger partial charge on any atom is -0.355 e. The molecule has 1 fully saturated rings. The van der Waals surface area contributed by atoms with Crippen LogP contribution in [0.1, 0.15) is 39.0 Å². The Morgan fingerprint density at radius 2 is 1.78 bits per heavy atom. The van der Waals surface area contributed by atoms with Crippen molar-refractivity contribution < 1.29 is 18.0 Å². The van der Waals surface area contributed by atoms with Crippen molar-refractivity contribution in [2.45, 2.75) is 39.0 Å². The predicted octanol–water partition coefficient (Wildman–Crippen LogP) is 0.687. The van der Waals surface area contributed by atoms with Crippen LogP contribution >= 0.6 is 0 Å². The fourth-order valence-electron chi connectivity index (χ4n) is 2.15. The Morgan fingerprint density at radius 3 is 2.33 bits per heavy atom. The highest BCUT2D eigenvalue weighted by Crippen LogP contribution is 2.25. The second-order valence-electron chi connectivity index (χ2n) is 4.83. The number of hydrogen-bond acceptors (Lipinski definition) is 4. The minimum atomic E-state index is -3.61. The molecular weight excluding hydrogens is 254 g/mol. The molecule has 1 aliphatic carbocycles. The van der Waals surface area contributed by atoms with Gasteiger partial charge in [0.25, 0.3) is 0 Å². The Morgan fingerprint density at radius 1 is 1.17 bits per heavy atom. The molecule has 1 N–H and O–H groups in total. The van der Waals surface area contributed by atoms with Crippen LogP contribution in [0.5, 0.6) is 0 Å². The third-order valence-corrected chi connectivity index (χ3v) is 4.52. The van der Waals surface area contributed by atoms with Gasteiger partial charge in [0.1, 0.15) is 11.5 Å². The van der Waals surface area contributed by atoms with Gasteiger partial charge in [-0.15, -0.1) is 0 Å². The van der Waals surface area contributed by atoms with Crippen LogP contribution in [-0.4, -0.2) is 38.2 Å². The highest BCUT2D eigenvalue weighted by molar-refractivity contribution is 7.92. The smallest absolute Gasteiger partial charge is 0.235 e. The molecule has 1 saturated carbocycles. The highest BCUT2D eigenvalue weighted by Gasteiger charge is 2.28. The Hall–Kier alpha value is -0.910. The molecule has 0 aromatic heterocycles. The van der Waals surface area contributed by atoms with Crippen LogP contribution in [-0.2, 0) is 19.4 Å². The lowest BCUT2D eigenvalue weighted by Crippen LogP contribution is -2.34. The van der Waals surface area contributed by atoms with Gasteiger partial charge in [-0.1, -0.05) is 19.8 Å². The van der Waals surface area contributed by atoms with Crippen molar-refractivity contribution in [1.29, 1.82) is 0 Å². The van der Waals surface area contributed by atoms with Crippen LogP contribution in [0.15, 0.2) is 0 Å². The molecule has 0 heterocycles. The van der Waals surface area contributed by atoms with Crippen molar-refractivity contribution in [2.24, 2.45) is 5.92 Å². The van der Waals surface area contributed by atoms with Gasteiger partial charge >= 0.3 is 0 Å². The van der Waals surface area contributed by atoms with Crippen molar-refractivity contribution in [3.8, 4) is 0 Å². The summed E-state index contributed by atoms with van der Waals surface area (Å²) in [6, 6.07) is 0. The third-order valence-electron chi connectivity index (χ3n) is 3.10. The molecule has 1 amide bonds. The molecule has 104 valence electrons. The Balaban J connectivity index is 2.43. The fraction of sp³-hybridized carbons (Fsp3) is 0.833. The zero-order valence-corrected chi connectivity index (χ0v) is 11.6. The molecule has 0 radical (unpaired) electrons. The third kappa shape index (κ3) is 5.16. The Labute approximate surface area is 108 Å². The lowest BCUT2D eigenvalue weighted by atomic mass is 10.0. The van der Waals surface area contributed by atoms with Gasteiger partial charge in [-0.2, -0.15) is 0 Å². The topological polar surface area (TPSA) is 80.3 Å². The van der Waals surface area contributed by atoms with E-state index < -0.39 is 27.3 Å². The van der Waals surface area contributed by atoms with Gasteiger partial charge in [-0.05, 0) is 19.3 Å². The molecule has 0 atom stereocenters. The summed E-state index contributed by atoms with van der Waals surface area (Å²) in [4.78, 5) is 23.1. The van der Waals surface area contributed by atoms with Gasteiger partial charge in [0.2, 0.25) is 5.91 Å². The summed E-state index contributed by atoms with van der Waals surface area (Å²) < 4.78 is 23.4. The number of hydrogen-bond donors (Lipinski definition) is 1. The van der Waals surface area contributed by atoms with Crippen molar-refractivity contribution in [2.75, 3.05) is 18.1 Å². The van der Waals surface area contributed by atoms with E-state index in [0.29, 0.717) is 6.54 Å². The average Bonchev–Trinajstić information content (AvgIpc) is 2.78. The SMILES string of the molecule is CCCNC(=O)CS(=O)(=O)CC(=O)C1CCCC1. The van der Waals surface area contributed by atoms with Gasteiger partial charge in [-0.25, -0.2) is 8.42 Å². The van der Waals surface area contributed by atoms with E-state index in [1.807, 2.05) is 6.92 Å². The molecule has 0 spiro atoms. The standard InChI is InChI=1S/C12H21NO4S/c1-2-7-13-12(15)9-18(16,17)8-11(14)10-5-3-4-6-10/h10H,2-9H2,1H3,(H,13,15). The van der Waals surface area contributed by atoms with E-state index in [-0.39, 0.29) is 11.7 Å². The predicted molar refractivity (Wildman–Crippen MR) is 68.9 cm³/mol. The van der Waals surface area contributed by atoms with Crippen molar-refractivity contribution in [1.82, 2.24) is 5.32 Å². The zero-order valence-electron chi connectivity index (χ0n) is 10.8. The van der Waals surface area contributed by atoms with E-state index in [9.17, 15) is 18.0 Å². The first-order valence-electron chi connectivity index (χ1n) is 6.44. The summed E-state index contributed by atoms with van der Waals surface area (Å²) in [5.74, 6) is -1.92. The molecule has 1 rings (SSSR count). The summed E-state index contributed by atoms with van der Waals surface area (Å²) in [6.45, 7) is 2.35. The summed E-state index contributed by atoms with van der Waals surface area (Å²) in [7, 11) is -3.61. The number of rotatable bonds is 7. The lowest BCUT2D eigenvalue weighted by molar-refractivity contribution is -0.120. The Kier molecular flexibility index (Phi) is 5.78. The lowest BCUT2D eigenvalue weighted by Gasteiger charge is -2.08. The first-order chi connectivity index (χ1) is 8.44. The van der Waals surface area contributed by atoms with Crippen molar-refractivity contribution in [3.05, 3.63) is 0 Å². The van der Waals surface area contributed by atoms with E-state index in [2.05, 4.69) is 5.32 Å². The number of amides is 1. The summed E-state index contributed by atoms with van der Waals surface area (Å²) in [5.41, 5.74) is 0. The van der Waals surface area contributed by atoms with Gasteiger partial charge in [-0.3, -0.25) is 9.59 Å². The largest absolute Gasteiger partial charge is 0.355 e. The van der Waals surface area contributed by atoms with Crippen LogP contribution in [0.25, 0.3) is 0 Å². The molecule has 1 aliphatic rings. The van der Waals surface area contributed by atoms with Gasteiger partial charge in [0, 0.05) is 12.5 Å². The molecule has 0 bridgehead atoms. The second-order valence-corrected chi connectivity index (χ2v) is 6.89. The maximum Gasteiger partial charge on any atom is 0.235 e. The molecule has 0 unspecified atom stereocenters. The quantitative estimate of drug-likeness (QED) is 0.741. The van der Waals surface area contributed by atoms with Crippen LogP contribution < -0.4 is 5.32 Å². The molecule has 6 heteroatoms. The van der Waals surface area contributed by atoms with E-state index >= 15 is 0 Å². The number of sulfone groups is 1. The summed E-state index contributed by atoms with van der Waals surface area (Å²) >= 11 is 0. The van der Waals surface area contributed by atoms with Crippen molar-refractivity contribution in [3.63, 3.8) is 0 Å². The number of ketones is 1. The van der Waals surface area contributed by atoms with Gasteiger partial charge in [0.05, 0.1) is 0 Å². The summed E-state index contributed by atoms with van der Waals surface area (Å²) in [5, 5.41) is 2.50. The number of carbonyl (C=O) groups is 2. The van der Waals surface area contributed by atoms with E-state index in [4.69, 9.17) is 0 Å². The van der Waals surface area contributed by atoms with E-state index in [1.54, 1.807) is 0 Å². The first kappa shape index (κ1) is 15.1. The average molecular weight is 275 g/mol. The van der Waals surface area contributed by atoms with Gasteiger partial charge < -0.3 is 5.32 Å². The highest BCUT2D eigenvalue weighted by atomic mass is 32.2. The molecular formula is C12H21NO4S. The number of carbonyl (C=O) groups excluding carboxylic acids is 2. The van der Waals surface area contributed by atoms with Crippen LogP contribution in [0.2, 0.25) is 0 Å². The molecule has 0 aliphatic heterocycles. The Bertz CT molecular complexity index is 396. The fourth-order valence-corrected chi connectivity index (χ4v) is 3.42. The molecule has 5 nitrogen and oxygen atoms in total. The maximum absolute atomic E-state index is 11.7. The second kappa shape index (κ2) is 6.87.